The van der Waals surface area contributed by atoms with Gasteiger partial charge < -0.3 is 19.7 Å². The number of fused-ring (bicyclic) bond motifs is 1. The lowest BCUT2D eigenvalue weighted by Crippen LogP contribution is -2.39. The van der Waals surface area contributed by atoms with Crippen molar-refractivity contribution in [2.24, 2.45) is 11.8 Å². The van der Waals surface area contributed by atoms with Gasteiger partial charge >= 0.3 is 6.18 Å². The molecule has 2 aromatic rings. The summed E-state index contributed by atoms with van der Waals surface area (Å²) in [5.41, 5.74) is 1.99. The summed E-state index contributed by atoms with van der Waals surface area (Å²) in [5.74, 6) is 0.771. The molecule has 1 N–H and O–H groups in total. The summed E-state index contributed by atoms with van der Waals surface area (Å²) in [6.45, 7) is 8.46. The molecule has 1 aromatic carbocycles. The molecule has 1 saturated carbocycles. The average molecular weight is 477 g/mol. The molecule has 0 unspecified atom stereocenters. The summed E-state index contributed by atoms with van der Waals surface area (Å²) in [7, 11) is 0. The number of nitrogens with one attached hydrogen (secondary N) is 1. The van der Waals surface area contributed by atoms with Crippen molar-refractivity contribution in [2.75, 3.05) is 44.8 Å². The van der Waals surface area contributed by atoms with Crippen molar-refractivity contribution in [3.8, 4) is 11.3 Å². The Morgan fingerprint density at radius 2 is 1.82 bits per heavy atom. The summed E-state index contributed by atoms with van der Waals surface area (Å²) < 4.78 is 53.2. The van der Waals surface area contributed by atoms with E-state index in [0.717, 1.165) is 49.7 Å². The second-order valence-electron chi connectivity index (χ2n) is 9.93. The topological polar surface area (TPSA) is 59.5 Å². The highest BCUT2D eigenvalue weighted by molar-refractivity contribution is 5.66. The molecule has 5 rings (SSSR count). The van der Waals surface area contributed by atoms with E-state index >= 15 is 0 Å². The van der Waals surface area contributed by atoms with Crippen molar-refractivity contribution in [3.05, 3.63) is 41.0 Å². The molecule has 34 heavy (non-hydrogen) atoms. The van der Waals surface area contributed by atoms with E-state index in [0.29, 0.717) is 37.2 Å². The van der Waals surface area contributed by atoms with Crippen molar-refractivity contribution in [2.45, 2.75) is 45.0 Å². The normalized spacial score (nSPS) is 27.7. The maximum absolute atomic E-state index is 14.0. The molecule has 184 valence electrons. The summed E-state index contributed by atoms with van der Waals surface area (Å²) in [4.78, 5) is 2.41. The first kappa shape index (κ1) is 23.5. The number of likely N-dealkylation sites (tertiary alicyclic amines) is 1. The fourth-order valence-electron chi connectivity index (χ4n) is 5.65. The minimum absolute atomic E-state index is 0.0339. The van der Waals surface area contributed by atoms with Crippen molar-refractivity contribution in [3.63, 3.8) is 0 Å². The van der Waals surface area contributed by atoms with Crippen LogP contribution in [0.2, 0.25) is 0 Å². The Morgan fingerprint density at radius 1 is 1.06 bits per heavy atom. The Bertz CT molecular complexity index is 1010. The zero-order valence-corrected chi connectivity index (χ0v) is 19.6. The minimum Gasteiger partial charge on any atom is -0.376 e. The molecule has 0 radical (unpaired) electrons. The summed E-state index contributed by atoms with van der Waals surface area (Å²) >= 11 is 0. The molecule has 9 heteroatoms. The van der Waals surface area contributed by atoms with Gasteiger partial charge in [0.1, 0.15) is 5.56 Å². The second-order valence-corrected chi connectivity index (χ2v) is 9.93. The van der Waals surface area contributed by atoms with E-state index in [4.69, 9.17) is 9.47 Å². The zero-order valence-electron chi connectivity index (χ0n) is 19.6. The molecule has 4 atom stereocenters. The Labute approximate surface area is 197 Å². The average Bonchev–Trinajstić information content (AvgIpc) is 3.33. The first-order valence-corrected chi connectivity index (χ1v) is 12.0. The summed E-state index contributed by atoms with van der Waals surface area (Å²) in [6, 6.07) is 6.76. The Hall–Kier alpha value is -2.23. The molecule has 6 nitrogen and oxygen atoms in total. The predicted octanol–water partition coefficient (Wildman–Crippen LogP) is 4.32. The molecule has 1 aromatic heterocycles. The lowest BCUT2D eigenvalue weighted by atomic mass is 10.0. The van der Waals surface area contributed by atoms with Crippen molar-refractivity contribution in [1.29, 1.82) is 0 Å². The van der Waals surface area contributed by atoms with Gasteiger partial charge in [-0.25, -0.2) is 0 Å². The van der Waals surface area contributed by atoms with E-state index in [1.54, 1.807) is 0 Å². The quantitative estimate of drug-likeness (QED) is 0.694. The van der Waals surface area contributed by atoms with E-state index in [2.05, 4.69) is 20.4 Å². The third-order valence-electron chi connectivity index (χ3n) is 7.28. The number of halogens is 3. The Morgan fingerprint density at radius 3 is 2.50 bits per heavy atom. The Balaban J connectivity index is 1.26. The van der Waals surface area contributed by atoms with E-state index < -0.39 is 11.7 Å². The standard InChI is InChI=1S/C25H31F3N4O2/c1-15-3-4-16(2)21(7-15)23-10-22(25(26,27)28)24(31-30-23)29-19-8-17-11-32(12-18(17)9-19)13-20-14-33-5-6-34-20/h3-4,7,10,17-20H,5-6,8-9,11-14H2,1-2H3,(H,29,31)/t17-,18+,19+,20-/m1/s1. The summed E-state index contributed by atoms with van der Waals surface area (Å²) in [6.07, 6.45) is -2.73. The SMILES string of the molecule is Cc1ccc(C)c(-c2cc(C(F)(F)F)c(N[C@H]3C[C@@H]4CN(C[C@@H]5COCCO5)C[C@@H]4C3)nn2)c1. The van der Waals surface area contributed by atoms with Gasteiger partial charge in [0.2, 0.25) is 0 Å². The van der Waals surface area contributed by atoms with Crippen LogP contribution in [0.4, 0.5) is 19.0 Å². The van der Waals surface area contributed by atoms with Gasteiger partial charge in [-0.1, -0.05) is 17.7 Å². The number of anilines is 1. The van der Waals surface area contributed by atoms with Crippen LogP contribution in [0.15, 0.2) is 24.3 Å². The van der Waals surface area contributed by atoms with Gasteiger partial charge in [-0.15, -0.1) is 10.2 Å². The third kappa shape index (κ3) is 5.06. The van der Waals surface area contributed by atoms with Gasteiger partial charge in [0.25, 0.3) is 0 Å². The number of ether oxygens (including phenoxy) is 2. The number of hydrogen-bond donors (Lipinski definition) is 1. The van der Waals surface area contributed by atoms with Crippen LogP contribution in [-0.2, 0) is 15.7 Å². The lowest BCUT2D eigenvalue weighted by molar-refractivity contribution is -0.137. The first-order chi connectivity index (χ1) is 16.3. The van der Waals surface area contributed by atoms with Crippen molar-refractivity contribution >= 4 is 5.82 Å². The van der Waals surface area contributed by atoms with Crippen LogP contribution in [0.3, 0.4) is 0 Å². The highest BCUT2D eigenvalue weighted by Gasteiger charge is 2.43. The largest absolute Gasteiger partial charge is 0.420 e. The molecule has 2 saturated heterocycles. The van der Waals surface area contributed by atoms with Gasteiger partial charge in [-0.05, 0) is 56.2 Å². The fraction of sp³-hybridized carbons (Fsp3) is 0.600. The van der Waals surface area contributed by atoms with Crippen LogP contribution in [0.1, 0.15) is 29.5 Å². The summed E-state index contributed by atoms with van der Waals surface area (Å²) in [5, 5.41) is 11.3. The van der Waals surface area contributed by atoms with Crippen LogP contribution < -0.4 is 5.32 Å². The maximum atomic E-state index is 14.0. The van der Waals surface area contributed by atoms with Crippen molar-refractivity contribution < 1.29 is 22.6 Å². The molecule has 3 heterocycles. The Kier molecular flexibility index (Phi) is 6.52. The number of aromatic nitrogens is 2. The van der Waals surface area contributed by atoms with E-state index in [1.165, 1.54) is 0 Å². The highest BCUT2D eigenvalue weighted by Crippen LogP contribution is 2.41. The van der Waals surface area contributed by atoms with E-state index in [9.17, 15) is 13.2 Å². The van der Waals surface area contributed by atoms with Gasteiger partial charge in [-0.3, -0.25) is 0 Å². The van der Waals surface area contributed by atoms with Crippen LogP contribution in [0, 0.1) is 25.7 Å². The number of hydrogen-bond acceptors (Lipinski definition) is 6. The number of benzene rings is 1. The van der Waals surface area contributed by atoms with Crippen LogP contribution in [0.5, 0.6) is 0 Å². The number of alkyl halides is 3. The smallest absolute Gasteiger partial charge is 0.376 e. The van der Waals surface area contributed by atoms with Gasteiger partial charge in [0.05, 0.1) is 31.6 Å². The lowest BCUT2D eigenvalue weighted by Gasteiger charge is -2.28. The molecule has 2 aliphatic heterocycles. The minimum atomic E-state index is -4.52. The first-order valence-electron chi connectivity index (χ1n) is 12.0. The predicted molar refractivity (Wildman–Crippen MR) is 123 cm³/mol. The van der Waals surface area contributed by atoms with Crippen molar-refractivity contribution in [1.82, 2.24) is 15.1 Å². The van der Waals surface area contributed by atoms with Crippen LogP contribution in [0.25, 0.3) is 11.3 Å². The monoisotopic (exact) mass is 476 g/mol. The molecule has 3 aliphatic rings. The number of rotatable bonds is 5. The second kappa shape index (κ2) is 9.43. The molecule has 3 fully saturated rings. The maximum Gasteiger partial charge on any atom is 0.420 e. The molecular formula is C25H31F3N4O2. The van der Waals surface area contributed by atoms with E-state index in [1.807, 2.05) is 32.0 Å². The van der Waals surface area contributed by atoms with E-state index in [-0.39, 0.29) is 23.7 Å². The molecule has 0 spiro atoms. The third-order valence-corrected chi connectivity index (χ3v) is 7.28. The highest BCUT2D eigenvalue weighted by atomic mass is 19.4. The van der Waals surface area contributed by atoms with Gasteiger partial charge in [-0.2, -0.15) is 13.2 Å². The van der Waals surface area contributed by atoms with Gasteiger partial charge in [0.15, 0.2) is 5.82 Å². The van der Waals surface area contributed by atoms with Crippen LogP contribution >= 0.6 is 0 Å². The molecular weight excluding hydrogens is 445 g/mol. The zero-order chi connectivity index (χ0) is 23.9. The molecule has 1 aliphatic carbocycles. The molecule has 0 bridgehead atoms. The van der Waals surface area contributed by atoms with Gasteiger partial charge in [0, 0.05) is 31.2 Å². The van der Waals surface area contributed by atoms with Crippen LogP contribution in [-0.4, -0.2) is 66.7 Å². The number of nitrogens with zero attached hydrogens (tertiary/aromatic N) is 3. The molecule has 0 amide bonds. The number of aryl methyl sites for hydroxylation is 2. The fourth-order valence-corrected chi connectivity index (χ4v) is 5.65.